The van der Waals surface area contributed by atoms with Gasteiger partial charge in [0.15, 0.2) is 0 Å². The number of hydrogen-bond acceptors (Lipinski definition) is 6. The van der Waals surface area contributed by atoms with Crippen LogP contribution in [-0.2, 0) is 6.54 Å². The fourth-order valence-electron chi connectivity index (χ4n) is 1.72. The maximum atomic E-state index is 11.6. The van der Waals surface area contributed by atoms with Gasteiger partial charge in [-0.3, -0.25) is 25.1 Å². The number of carbonyl (C=O) groups excluding carboxylic acids is 1. The standard InChI is InChI=1S/C11H9BrN4O4S/c12-7-4-15(5-8(9(7)17)16(19)20)3-6-1-2-21-10(6)11(18)14-13/h1-2,4-5H,3,13H2,(H,14,18). The number of thiophene rings is 1. The van der Waals surface area contributed by atoms with E-state index in [1.54, 1.807) is 11.4 Å². The number of hydrazine groups is 1. The average molecular weight is 373 g/mol. The van der Waals surface area contributed by atoms with Gasteiger partial charge in [-0.05, 0) is 32.9 Å². The van der Waals surface area contributed by atoms with Crippen LogP contribution in [-0.4, -0.2) is 15.4 Å². The van der Waals surface area contributed by atoms with E-state index in [2.05, 4.69) is 15.9 Å². The molecular formula is C11H9BrN4O4S. The predicted molar refractivity (Wildman–Crippen MR) is 80.1 cm³/mol. The van der Waals surface area contributed by atoms with E-state index in [0.717, 1.165) is 6.20 Å². The van der Waals surface area contributed by atoms with Crippen molar-refractivity contribution in [1.29, 1.82) is 0 Å². The molecule has 110 valence electrons. The van der Waals surface area contributed by atoms with E-state index in [1.807, 2.05) is 5.43 Å². The normalized spacial score (nSPS) is 10.4. The first-order valence-corrected chi connectivity index (χ1v) is 7.22. The fourth-order valence-corrected chi connectivity index (χ4v) is 3.01. The molecule has 0 aromatic carbocycles. The number of amides is 1. The Morgan fingerprint density at radius 3 is 2.86 bits per heavy atom. The van der Waals surface area contributed by atoms with E-state index < -0.39 is 21.9 Å². The van der Waals surface area contributed by atoms with E-state index in [-0.39, 0.29) is 11.0 Å². The van der Waals surface area contributed by atoms with E-state index in [9.17, 15) is 19.7 Å². The second kappa shape index (κ2) is 6.16. The van der Waals surface area contributed by atoms with Gasteiger partial charge in [0.1, 0.15) is 0 Å². The number of aromatic nitrogens is 1. The fraction of sp³-hybridized carbons (Fsp3) is 0.0909. The Balaban J connectivity index is 2.41. The number of nitrogens with one attached hydrogen (secondary N) is 1. The average Bonchev–Trinajstić information content (AvgIpc) is 2.89. The van der Waals surface area contributed by atoms with Gasteiger partial charge in [-0.2, -0.15) is 0 Å². The molecule has 8 nitrogen and oxygen atoms in total. The van der Waals surface area contributed by atoms with Gasteiger partial charge in [-0.15, -0.1) is 11.3 Å². The Morgan fingerprint density at radius 1 is 1.52 bits per heavy atom. The summed E-state index contributed by atoms with van der Waals surface area (Å²) in [6, 6.07) is 1.72. The summed E-state index contributed by atoms with van der Waals surface area (Å²) in [5, 5.41) is 12.6. The molecule has 0 saturated heterocycles. The van der Waals surface area contributed by atoms with Crippen molar-refractivity contribution in [3.8, 4) is 0 Å². The first kappa shape index (κ1) is 15.4. The van der Waals surface area contributed by atoms with Gasteiger partial charge in [0, 0.05) is 12.7 Å². The zero-order valence-corrected chi connectivity index (χ0v) is 12.8. The predicted octanol–water partition coefficient (Wildman–Crippen LogP) is 1.23. The summed E-state index contributed by atoms with van der Waals surface area (Å²) < 4.78 is 1.54. The van der Waals surface area contributed by atoms with Crippen LogP contribution in [0.4, 0.5) is 5.69 Å². The molecular weight excluding hydrogens is 364 g/mol. The van der Waals surface area contributed by atoms with E-state index in [1.165, 1.54) is 22.1 Å². The van der Waals surface area contributed by atoms with E-state index >= 15 is 0 Å². The van der Waals surface area contributed by atoms with Crippen molar-refractivity contribution in [2.45, 2.75) is 6.54 Å². The highest BCUT2D eigenvalue weighted by molar-refractivity contribution is 9.10. The second-order valence-corrected chi connectivity index (χ2v) is 5.77. The minimum atomic E-state index is -0.745. The number of nitro groups is 1. The van der Waals surface area contributed by atoms with Crippen molar-refractivity contribution >= 4 is 38.9 Å². The molecule has 0 spiro atoms. The first-order valence-electron chi connectivity index (χ1n) is 5.55. The highest BCUT2D eigenvalue weighted by atomic mass is 79.9. The lowest BCUT2D eigenvalue weighted by molar-refractivity contribution is -0.386. The van der Waals surface area contributed by atoms with Crippen LogP contribution >= 0.6 is 27.3 Å². The number of pyridine rings is 1. The number of halogens is 1. The maximum absolute atomic E-state index is 11.6. The van der Waals surface area contributed by atoms with Gasteiger partial charge in [0.25, 0.3) is 11.3 Å². The van der Waals surface area contributed by atoms with Gasteiger partial charge in [0.2, 0.25) is 0 Å². The van der Waals surface area contributed by atoms with E-state index in [0.29, 0.717) is 10.4 Å². The molecule has 0 bridgehead atoms. The summed E-state index contributed by atoms with van der Waals surface area (Å²) in [4.78, 5) is 33.7. The first-order chi connectivity index (χ1) is 9.93. The number of nitrogens with zero attached hydrogens (tertiary/aromatic N) is 2. The molecule has 0 aliphatic heterocycles. The molecule has 0 fully saturated rings. The van der Waals surface area contributed by atoms with Crippen molar-refractivity contribution in [1.82, 2.24) is 9.99 Å². The Hall–Kier alpha value is -2.04. The maximum Gasteiger partial charge on any atom is 0.333 e. The molecule has 2 rings (SSSR count). The number of nitrogen functional groups attached to an aromatic ring is 1. The SMILES string of the molecule is NNC(=O)c1sccc1Cn1cc(Br)c(=O)c([N+](=O)[O-])c1. The molecule has 0 aliphatic rings. The van der Waals surface area contributed by atoms with Crippen LogP contribution in [0.5, 0.6) is 0 Å². The van der Waals surface area contributed by atoms with Crippen LogP contribution in [0.1, 0.15) is 15.2 Å². The van der Waals surface area contributed by atoms with Crippen LogP contribution in [0.25, 0.3) is 0 Å². The van der Waals surface area contributed by atoms with Crippen LogP contribution < -0.4 is 16.7 Å². The number of rotatable bonds is 4. The minimum Gasteiger partial charge on any atom is -0.342 e. The van der Waals surface area contributed by atoms with Crippen molar-refractivity contribution in [2.75, 3.05) is 0 Å². The molecule has 3 N–H and O–H groups in total. The highest BCUT2D eigenvalue weighted by Crippen LogP contribution is 2.19. The molecule has 0 unspecified atom stereocenters. The third kappa shape index (κ3) is 3.17. The molecule has 0 radical (unpaired) electrons. The molecule has 0 aliphatic carbocycles. The van der Waals surface area contributed by atoms with Gasteiger partial charge < -0.3 is 4.57 Å². The Labute approximate surface area is 130 Å². The summed E-state index contributed by atoms with van der Waals surface area (Å²) in [5.41, 5.74) is 1.45. The van der Waals surface area contributed by atoms with Crippen LogP contribution in [0.3, 0.4) is 0 Å². The van der Waals surface area contributed by atoms with Gasteiger partial charge in [-0.1, -0.05) is 0 Å². The quantitative estimate of drug-likeness (QED) is 0.362. The van der Waals surface area contributed by atoms with Gasteiger partial charge in [-0.25, -0.2) is 5.84 Å². The Bertz CT molecular complexity index is 770. The smallest absolute Gasteiger partial charge is 0.333 e. The summed E-state index contributed by atoms with van der Waals surface area (Å²) in [7, 11) is 0. The molecule has 0 saturated carbocycles. The summed E-state index contributed by atoms with van der Waals surface area (Å²) in [6.45, 7) is 0.200. The van der Waals surface area contributed by atoms with Crippen LogP contribution in [0, 0.1) is 10.1 Å². The lowest BCUT2D eigenvalue weighted by atomic mass is 10.2. The lowest BCUT2D eigenvalue weighted by Gasteiger charge is -2.07. The monoisotopic (exact) mass is 372 g/mol. The molecule has 2 aromatic rings. The molecule has 10 heteroatoms. The summed E-state index contributed by atoms with van der Waals surface area (Å²) in [5.74, 6) is 4.66. The summed E-state index contributed by atoms with van der Waals surface area (Å²) in [6.07, 6.45) is 2.56. The lowest BCUT2D eigenvalue weighted by Crippen LogP contribution is -2.30. The third-order valence-electron chi connectivity index (χ3n) is 2.65. The topological polar surface area (TPSA) is 120 Å². The zero-order valence-electron chi connectivity index (χ0n) is 10.4. The van der Waals surface area contributed by atoms with Gasteiger partial charge >= 0.3 is 5.69 Å². The second-order valence-electron chi connectivity index (χ2n) is 4.00. The Morgan fingerprint density at radius 2 is 2.24 bits per heavy atom. The van der Waals surface area contributed by atoms with Crippen molar-refractivity contribution in [2.24, 2.45) is 5.84 Å². The van der Waals surface area contributed by atoms with Crippen molar-refractivity contribution in [3.63, 3.8) is 0 Å². The van der Waals surface area contributed by atoms with Crippen molar-refractivity contribution in [3.05, 3.63) is 59.1 Å². The molecule has 21 heavy (non-hydrogen) atoms. The van der Waals surface area contributed by atoms with Crippen LogP contribution in [0.2, 0.25) is 0 Å². The van der Waals surface area contributed by atoms with Crippen LogP contribution in [0.15, 0.2) is 33.1 Å². The van der Waals surface area contributed by atoms with Crippen molar-refractivity contribution < 1.29 is 9.72 Å². The molecule has 2 heterocycles. The Kier molecular flexibility index (Phi) is 4.50. The highest BCUT2D eigenvalue weighted by Gasteiger charge is 2.17. The number of carbonyl (C=O) groups is 1. The number of hydrogen-bond donors (Lipinski definition) is 2. The number of nitrogens with two attached hydrogens (primary N) is 1. The zero-order chi connectivity index (χ0) is 15.6. The molecule has 2 aromatic heterocycles. The van der Waals surface area contributed by atoms with E-state index in [4.69, 9.17) is 5.84 Å². The molecule has 0 atom stereocenters. The minimum absolute atomic E-state index is 0.0803. The third-order valence-corrected chi connectivity index (χ3v) is 4.17. The summed E-state index contributed by atoms with van der Waals surface area (Å²) >= 11 is 4.20. The largest absolute Gasteiger partial charge is 0.342 e. The van der Waals surface area contributed by atoms with Gasteiger partial charge in [0.05, 0.1) is 20.5 Å². The molecule has 1 amide bonds.